The minimum atomic E-state index is 0.364. The van der Waals surface area contributed by atoms with Crippen LogP contribution in [0.4, 0.5) is 5.95 Å². The molecule has 0 saturated carbocycles. The molecule has 0 spiro atoms. The number of hydrogen-bond donors (Lipinski definition) is 1. The van der Waals surface area contributed by atoms with Crippen LogP contribution in [0.2, 0.25) is 0 Å². The number of hydrogen-bond acceptors (Lipinski definition) is 6. The van der Waals surface area contributed by atoms with Crippen molar-refractivity contribution in [1.82, 2.24) is 15.0 Å². The summed E-state index contributed by atoms with van der Waals surface area (Å²) in [6.07, 6.45) is 4.63. The molecule has 0 amide bonds. The van der Waals surface area contributed by atoms with Crippen LogP contribution < -0.4 is 5.48 Å². The van der Waals surface area contributed by atoms with Crippen LogP contribution >= 0.6 is 0 Å². The molecule has 0 aromatic carbocycles. The van der Waals surface area contributed by atoms with Gasteiger partial charge in [0.2, 0.25) is 11.8 Å². The fraction of sp³-hybridized carbons (Fsp3) is 0.125. The van der Waals surface area contributed by atoms with Crippen molar-refractivity contribution < 1.29 is 9.25 Å². The number of oxazole rings is 1. The van der Waals surface area contributed by atoms with E-state index in [1.807, 2.05) is 0 Å². The number of nitrogens with zero attached hydrogens (tertiary/aromatic N) is 3. The molecular weight excluding hydrogens is 184 g/mol. The molecule has 6 nitrogen and oxygen atoms in total. The molecule has 1 N–H and O–H groups in total. The number of anilines is 1. The Hall–Kier alpha value is -1.95. The van der Waals surface area contributed by atoms with Crippen LogP contribution in [0.15, 0.2) is 29.1 Å². The molecule has 0 saturated heterocycles. The molecule has 2 aromatic heterocycles. The Labute approximate surface area is 79.9 Å². The molecule has 0 aliphatic heterocycles. The number of rotatable bonds is 3. The van der Waals surface area contributed by atoms with Crippen LogP contribution in [-0.2, 0) is 4.84 Å². The van der Waals surface area contributed by atoms with E-state index < -0.39 is 0 Å². The van der Waals surface area contributed by atoms with E-state index in [2.05, 4.69) is 25.3 Å². The van der Waals surface area contributed by atoms with Gasteiger partial charge in [-0.05, 0) is 6.07 Å². The van der Waals surface area contributed by atoms with Crippen LogP contribution in [0, 0.1) is 0 Å². The maximum atomic E-state index is 5.08. The summed E-state index contributed by atoms with van der Waals surface area (Å²) in [6.45, 7) is 0. The minimum Gasteiger partial charge on any atom is -0.443 e. The van der Waals surface area contributed by atoms with Crippen LogP contribution in [0.5, 0.6) is 0 Å². The van der Waals surface area contributed by atoms with Gasteiger partial charge in [0.25, 0.3) is 0 Å². The van der Waals surface area contributed by atoms with Crippen molar-refractivity contribution >= 4 is 5.95 Å². The fourth-order valence-electron chi connectivity index (χ4n) is 0.968. The van der Waals surface area contributed by atoms with Crippen molar-refractivity contribution in [3.63, 3.8) is 0 Å². The third-order valence-electron chi connectivity index (χ3n) is 1.50. The van der Waals surface area contributed by atoms with Crippen LogP contribution in [0.1, 0.15) is 0 Å². The highest BCUT2D eigenvalue weighted by molar-refractivity contribution is 5.47. The Morgan fingerprint density at radius 1 is 1.36 bits per heavy atom. The van der Waals surface area contributed by atoms with Gasteiger partial charge in [-0.15, -0.1) is 0 Å². The normalized spacial score (nSPS) is 10.1. The van der Waals surface area contributed by atoms with E-state index in [-0.39, 0.29) is 0 Å². The third kappa shape index (κ3) is 1.69. The first kappa shape index (κ1) is 8.64. The minimum absolute atomic E-state index is 0.364. The standard InChI is InChI=1S/C8H8N4O2/c1-13-12-8-10-3-2-6(11-8)7-9-4-5-14-7/h2-5H,1H3,(H,10,11,12). The lowest BCUT2D eigenvalue weighted by molar-refractivity contribution is 0.267. The SMILES string of the molecule is CONc1nccc(-c2ncco2)n1. The van der Waals surface area contributed by atoms with E-state index in [9.17, 15) is 0 Å². The van der Waals surface area contributed by atoms with Gasteiger partial charge >= 0.3 is 0 Å². The predicted octanol–water partition coefficient (Wildman–Crippen LogP) is 1.10. The largest absolute Gasteiger partial charge is 0.443 e. The second-order valence-electron chi connectivity index (χ2n) is 2.41. The summed E-state index contributed by atoms with van der Waals surface area (Å²) in [6, 6.07) is 1.70. The summed E-state index contributed by atoms with van der Waals surface area (Å²) in [5.41, 5.74) is 3.12. The Morgan fingerprint density at radius 3 is 3.00 bits per heavy atom. The topological polar surface area (TPSA) is 73.1 Å². The lowest BCUT2D eigenvalue weighted by Crippen LogP contribution is -2.01. The summed E-state index contributed by atoms with van der Waals surface area (Å²) in [4.78, 5) is 16.7. The van der Waals surface area contributed by atoms with Gasteiger partial charge in [-0.25, -0.2) is 20.4 Å². The lowest BCUT2D eigenvalue weighted by atomic mass is 10.4. The molecule has 0 aliphatic rings. The Kier molecular flexibility index (Phi) is 2.37. The average molecular weight is 192 g/mol. The molecule has 72 valence electrons. The van der Waals surface area contributed by atoms with E-state index in [0.29, 0.717) is 17.5 Å². The summed E-state index contributed by atoms with van der Waals surface area (Å²) in [7, 11) is 1.49. The van der Waals surface area contributed by atoms with E-state index in [1.54, 1.807) is 18.5 Å². The first-order valence-electron chi connectivity index (χ1n) is 3.92. The molecule has 14 heavy (non-hydrogen) atoms. The zero-order chi connectivity index (χ0) is 9.80. The second kappa shape index (κ2) is 3.84. The Bertz CT molecular complexity index is 401. The van der Waals surface area contributed by atoms with E-state index >= 15 is 0 Å². The molecule has 0 unspecified atom stereocenters. The monoisotopic (exact) mass is 192 g/mol. The lowest BCUT2D eigenvalue weighted by Gasteiger charge is -2.00. The molecule has 0 bridgehead atoms. The molecule has 2 aromatic rings. The first-order chi connectivity index (χ1) is 6.90. The number of aromatic nitrogens is 3. The second-order valence-corrected chi connectivity index (χ2v) is 2.41. The van der Waals surface area contributed by atoms with Crippen LogP contribution in [-0.4, -0.2) is 22.1 Å². The molecule has 0 radical (unpaired) electrons. The van der Waals surface area contributed by atoms with Crippen LogP contribution in [0.3, 0.4) is 0 Å². The summed E-state index contributed by atoms with van der Waals surface area (Å²) < 4.78 is 5.08. The average Bonchev–Trinajstić information content (AvgIpc) is 2.71. The highest BCUT2D eigenvalue weighted by atomic mass is 16.6. The van der Waals surface area contributed by atoms with Gasteiger partial charge < -0.3 is 4.42 Å². The summed E-state index contributed by atoms with van der Waals surface area (Å²) in [5.74, 6) is 0.815. The van der Waals surface area contributed by atoms with Gasteiger partial charge in [-0.1, -0.05) is 0 Å². The van der Waals surface area contributed by atoms with Crippen molar-refractivity contribution in [3.05, 3.63) is 24.7 Å². The van der Waals surface area contributed by atoms with Gasteiger partial charge in [0, 0.05) is 6.20 Å². The smallest absolute Gasteiger partial charge is 0.247 e. The van der Waals surface area contributed by atoms with Gasteiger partial charge in [0.1, 0.15) is 12.0 Å². The van der Waals surface area contributed by atoms with Crippen molar-refractivity contribution in [2.75, 3.05) is 12.6 Å². The Balaban J connectivity index is 2.31. The van der Waals surface area contributed by atoms with Gasteiger partial charge in [0.15, 0.2) is 0 Å². The van der Waals surface area contributed by atoms with Crippen LogP contribution in [0.25, 0.3) is 11.6 Å². The van der Waals surface area contributed by atoms with Gasteiger partial charge in [-0.3, -0.25) is 4.84 Å². The van der Waals surface area contributed by atoms with E-state index in [0.717, 1.165) is 0 Å². The van der Waals surface area contributed by atoms with Crippen molar-refractivity contribution in [2.45, 2.75) is 0 Å². The molecule has 2 heterocycles. The van der Waals surface area contributed by atoms with Crippen molar-refractivity contribution in [2.24, 2.45) is 0 Å². The zero-order valence-electron chi connectivity index (χ0n) is 7.47. The molecule has 2 rings (SSSR count). The van der Waals surface area contributed by atoms with E-state index in [4.69, 9.17) is 4.42 Å². The fourth-order valence-corrected chi connectivity index (χ4v) is 0.968. The highest BCUT2D eigenvalue weighted by Gasteiger charge is 2.04. The molecule has 0 fully saturated rings. The van der Waals surface area contributed by atoms with Crippen molar-refractivity contribution in [1.29, 1.82) is 0 Å². The van der Waals surface area contributed by atoms with Crippen molar-refractivity contribution in [3.8, 4) is 11.6 Å². The number of nitrogens with one attached hydrogen (secondary N) is 1. The zero-order valence-corrected chi connectivity index (χ0v) is 7.47. The molecule has 6 heteroatoms. The first-order valence-corrected chi connectivity index (χ1v) is 3.92. The van der Waals surface area contributed by atoms with Gasteiger partial charge in [0.05, 0.1) is 13.3 Å². The molecule has 0 aliphatic carbocycles. The highest BCUT2D eigenvalue weighted by Crippen LogP contribution is 2.14. The molecule has 0 atom stereocenters. The predicted molar refractivity (Wildman–Crippen MR) is 48.2 cm³/mol. The maximum absolute atomic E-state index is 5.08. The Morgan fingerprint density at radius 2 is 2.29 bits per heavy atom. The summed E-state index contributed by atoms with van der Waals surface area (Å²) in [5, 5.41) is 0. The third-order valence-corrected chi connectivity index (χ3v) is 1.50. The maximum Gasteiger partial charge on any atom is 0.247 e. The van der Waals surface area contributed by atoms with E-state index in [1.165, 1.54) is 13.4 Å². The summed E-state index contributed by atoms with van der Waals surface area (Å²) >= 11 is 0. The van der Waals surface area contributed by atoms with Gasteiger partial charge in [-0.2, -0.15) is 0 Å². The molecular formula is C8H8N4O2. The quantitative estimate of drug-likeness (QED) is 0.734.